The molecule has 0 saturated carbocycles. The molecular weight excluding hydrogens is 346 g/mol. The highest BCUT2D eigenvalue weighted by Gasteiger charge is 2.43. The highest BCUT2D eigenvalue weighted by atomic mass is 32.2. The molecule has 0 amide bonds. The summed E-state index contributed by atoms with van der Waals surface area (Å²) in [7, 11) is -1.13. The largest absolute Gasteiger partial charge is 0.478 e. The van der Waals surface area contributed by atoms with E-state index in [1.807, 2.05) is 0 Å². The summed E-state index contributed by atoms with van der Waals surface area (Å²) in [5.74, 6) is -1.63. The van der Waals surface area contributed by atoms with Crippen LogP contribution < -0.4 is 0 Å². The highest BCUT2D eigenvalue weighted by Crippen LogP contribution is 2.41. The van der Waals surface area contributed by atoms with Gasteiger partial charge in [-0.15, -0.1) is 0 Å². The maximum atomic E-state index is 13.6. The van der Waals surface area contributed by atoms with Crippen LogP contribution >= 0.6 is 0 Å². The van der Waals surface area contributed by atoms with E-state index in [4.69, 9.17) is 4.74 Å². The summed E-state index contributed by atoms with van der Waals surface area (Å²) in [5, 5.41) is 0. The molecule has 3 nitrogen and oxygen atoms in total. The molecule has 2 aromatic rings. The molecular formula is C19H16F2O3S. The van der Waals surface area contributed by atoms with Crippen molar-refractivity contribution in [1.29, 1.82) is 0 Å². The fourth-order valence-electron chi connectivity index (χ4n) is 2.72. The third-order valence-corrected chi connectivity index (χ3v) is 4.89. The van der Waals surface area contributed by atoms with Gasteiger partial charge < -0.3 is 4.74 Å². The Kier molecular flexibility index (Phi) is 4.33. The van der Waals surface area contributed by atoms with Crippen molar-refractivity contribution < 1.29 is 22.5 Å². The Morgan fingerprint density at radius 2 is 1.52 bits per heavy atom. The van der Waals surface area contributed by atoms with Crippen molar-refractivity contribution in [3.8, 4) is 0 Å². The first-order valence-electron chi connectivity index (χ1n) is 7.57. The zero-order valence-corrected chi connectivity index (χ0v) is 14.7. The predicted octanol–water partition coefficient (Wildman–Crippen LogP) is 3.95. The fraction of sp³-hybridized carbons (Fsp3) is 0.211. The van der Waals surface area contributed by atoms with Gasteiger partial charge in [0.2, 0.25) is 5.78 Å². The summed E-state index contributed by atoms with van der Waals surface area (Å²) in [6.45, 7) is 3.21. The molecule has 6 heteroatoms. The number of carbonyl (C=O) groups is 1. The lowest BCUT2D eigenvalue weighted by Gasteiger charge is -2.17. The van der Waals surface area contributed by atoms with E-state index in [1.165, 1.54) is 0 Å². The second-order valence-corrected chi connectivity index (χ2v) is 7.66. The second-order valence-electron chi connectivity index (χ2n) is 6.28. The number of ether oxygens (including phenoxy) is 1. The Morgan fingerprint density at radius 3 is 2.04 bits per heavy atom. The van der Waals surface area contributed by atoms with Gasteiger partial charge in [-0.1, -0.05) is 12.1 Å². The molecule has 130 valence electrons. The van der Waals surface area contributed by atoms with E-state index in [0.29, 0.717) is 10.5 Å². The Hall–Kier alpha value is -2.34. The van der Waals surface area contributed by atoms with Crippen LogP contribution in [0.5, 0.6) is 0 Å². The number of benzene rings is 2. The molecule has 1 atom stereocenters. The summed E-state index contributed by atoms with van der Waals surface area (Å²) < 4.78 is 44.6. The molecule has 0 bridgehead atoms. The Labute approximate surface area is 146 Å². The summed E-state index contributed by atoms with van der Waals surface area (Å²) in [5.41, 5.74) is -0.299. The van der Waals surface area contributed by atoms with E-state index in [2.05, 4.69) is 0 Å². The van der Waals surface area contributed by atoms with E-state index in [1.54, 1.807) is 44.4 Å². The molecule has 25 heavy (non-hydrogen) atoms. The van der Waals surface area contributed by atoms with Gasteiger partial charge in [-0.3, -0.25) is 9.00 Å². The van der Waals surface area contributed by atoms with Crippen LogP contribution in [0.3, 0.4) is 0 Å². The minimum absolute atomic E-state index is 0.131. The van der Waals surface area contributed by atoms with Gasteiger partial charge in [0.1, 0.15) is 17.4 Å². The lowest BCUT2D eigenvalue weighted by molar-refractivity contribution is -0.125. The van der Waals surface area contributed by atoms with Crippen molar-refractivity contribution in [3.63, 3.8) is 0 Å². The monoisotopic (exact) mass is 362 g/mol. The number of hydrogen-bond acceptors (Lipinski definition) is 3. The smallest absolute Gasteiger partial charge is 0.210 e. The first-order valence-corrected chi connectivity index (χ1v) is 9.13. The van der Waals surface area contributed by atoms with Gasteiger partial charge in [-0.2, -0.15) is 0 Å². The van der Waals surface area contributed by atoms with Crippen molar-refractivity contribution >= 4 is 27.9 Å². The van der Waals surface area contributed by atoms with Gasteiger partial charge in [-0.05, 0) is 43.7 Å². The van der Waals surface area contributed by atoms with E-state index in [-0.39, 0.29) is 22.7 Å². The summed E-state index contributed by atoms with van der Waals surface area (Å²) in [6, 6.07) is 9.66. The zero-order valence-electron chi connectivity index (χ0n) is 13.9. The normalized spacial score (nSPS) is 17.6. The molecule has 0 radical (unpaired) electrons. The number of ketones is 1. The molecule has 0 fully saturated rings. The zero-order chi connectivity index (χ0) is 18.4. The predicted molar refractivity (Wildman–Crippen MR) is 92.1 cm³/mol. The van der Waals surface area contributed by atoms with Gasteiger partial charge in [-0.25, -0.2) is 8.78 Å². The lowest BCUT2D eigenvalue weighted by Crippen LogP contribution is -2.29. The molecule has 1 aliphatic heterocycles. The minimum Gasteiger partial charge on any atom is -0.478 e. The van der Waals surface area contributed by atoms with Crippen LogP contribution in [0, 0.1) is 11.6 Å². The van der Waals surface area contributed by atoms with E-state index < -0.39 is 28.0 Å². The van der Waals surface area contributed by atoms with Gasteiger partial charge >= 0.3 is 0 Å². The van der Waals surface area contributed by atoms with Crippen molar-refractivity contribution in [2.75, 3.05) is 6.26 Å². The maximum Gasteiger partial charge on any atom is 0.210 e. The summed E-state index contributed by atoms with van der Waals surface area (Å²) >= 11 is 0. The van der Waals surface area contributed by atoms with Gasteiger partial charge in [0.15, 0.2) is 5.60 Å². The average molecular weight is 362 g/mol. The highest BCUT2D eigenvalue weighted by molar-refractivity contribution is 7.84. The molecule has 3 rings (SSSR count). The quantitative estimate of drug-likeness (QED) is 0.830. The van der Waals surface area contributed by atoms with E-state index in [0.717, 1.165) is 18.2 Å². The van der Waals surface area contributed by atoms with Crippen molar-refractivity contribution in [2.24, 2.45) is 0 Å². The van der Waals surface area contributed by atoms with Gasteiger partial charge in [0.05, 0.1) is 5.57 Å². The molecule has 0 N–H and O–H groups in total. The van der Waals surface area contributed by atoms with Crippen LogP contribution in [-0.2, 0) is 20.3 Å². The number of hydrogen-bond donors (Lipinski definition) is 0. The molecule has 0 spiro atoms. The Morgan fingerprint density at radius 1 is 0.960 bits per heavy atom. The van der Waals surface area contributed by atoms with E-state index in [9.17, 15) is 17.8 Å². The van der Waals surface area contributed by atoms with Crippen LogP contribution in [0.4, 0.5) is 8.78 Å². The first kappa shape index (κ1) is 17.5. The first-order chi connectivity index (χ1) is 11.7. The van der Waals surface area contributed by atoms with Crippen LogP contribution in [0.2, 0.25) is 0 Å². The van der Waals surface area contributed by atoms with Crippen LogP contribution in [0.1, 0.15) is 25.0 Å². The summed E-state index contributed by atoms with van der Waals surface area (Å²) in [6.07, 6.45) is 1.56. The number of carbonyl (C=O) groups excluding carboxylic acids is 1. The van der Waals surface area contributed by atoms with Crippen molar-refractivity contribution in [2.45, 2.75) is 24.3 Å². The molecule has 0 aliphatic carbocycles. The number of halogens is 2. The molecule has 0 aromatic heterocycles. The number of rotatable bonds is 3. The van der Waals surface area contributed by atoms with Crippen molar-refractivity contribution in [1.82, 2.24) is 0 Å². The lowest BCUT2D eigenvalue weighted by atomic mass is 9.92. The molecule has 2 aromatic carbocycles. The average Bonchev–Trinajstić information content (AvgIpc) is 2.77. The Bertz CT molecular complexity index is 895. The SMILES string of the molecule is CS(=O)c1ccc(C2=C(c3cc(F)cc(F)c3)C(=O)C(C)(C)O2)cc1. The van der Waals surface area contributed by atoms with Gasteiger partial charge in [0, 0.05) is 33.6 Å². The van der Waals surface area contributed by atoms with Crippen LogP contribution in [0.25, 0.3) is 11.3 Å². The summed E-state index contributed by atoms with van der Waals surface area (Å²) in [4.78, 5) is 13.4. The van der Waals surface area contributed by atoms with Crippen LogP contribution in [-0.4, -0.2) is 21.8 Å². The van der Waals surface area contributed by atoms with Crippen molar-refractivity contribution in [3.05, 3.63) is 65.2 Å². The van der Waals surface area contributed by atoms with Gasteiger partial charge in [0.25, 0.3) is 0 Å². The topological polar surface area (TPSA) is 43.4 Å². The standard InChI is InChI=1S/C19H16F2O3S/c1-19(2)18(22)16(12-8-13(20)10-14(21)9-12)17(24-19)11-4-6-15(7-5-11)25(3)23/h4-10H,1-3H3. The van der Waals surface area contributed by atoms with Crippen LogP contribution in [0.15, 0.2) is 47.4 Å². The number of Topliss-reactive ketones (excluding diaryl/α,β-unsaturated/α-hetero) is 1. The maximum absolute atomic E-state index is 13.6. The van der Waals surface area contributed by atoms with E-state index >= 15 is 0 Å². The third kappa shape index (κ3) is 3.26. The second kappa shape index (κ2) is 6.19. The Balaban J connectivity index is 2.19. The molecule has 1 heterocycles. The molecule has 1 unspecified atom stereocenters. The molecule has 1 aliphatic rings. The minimum atomic E-state index is -1.14. The molecule has 0 saturated heterocycles. The third-order valence-electron chi connectivity index (χ3n) is 3.96. The fourth-order valence-corrected chi connectivity index (χ4v) is 3.24.